The standard InChI is InChI=1S/C14H13Cl2FN2O/c1-2-18-14-6-4-10(15)13(19-14)8-20-9-3-5-12(17)11(16)7-9/h3-7H,2,8H2,1H3,(H,18,19). The lowest BCUT2D eigenvalue weighted by molar-refractivity contribution is 0.301. The second-order valence-corrected chi connectivity index (χ2v) is 4.83. The van der Waals surface area contributed by atoms with Crippen LogP contribution < -0.4 is 10.1 Å². The van der Waals surface area contributed by atoms with Crippen molar-refractivity contribution in [1.82, 2.24) is 4.98 Å². The van der Waals surface area contributed by atoms with E-state index in [9.17, 15) is 4.39 Å². The Morgan fingerprint density at radius 3 is 2.70 bits per heavy atom. The molecule has 1 aromatic carbocycles. The van der Waals surface area contributed by atoms with Crippen molar-refractivity contribution in [3.8, 4) is 5.75 Å². The summed E-state index contributed by atoms with van der Waals surface area (Å²) in [6.45, 7) is 2.93. The second-order valence-electron chi connectivity index (χ2n) is 4.02. The second kappa shape index (κ2) is 6.77. The van der Waals surface area contributed by atoms with Gasteiger partial charge in [0.2, 0.25) is 0 Å². The molecule has 0 spiro atoms. The van der Waals surface area contributed by atoms with E-state index >= 15 is 0 Å². The Labute approximate surface area is 126 Å². The number of hydrogen-bond donors (Lipinski definition) is 1. The maximum Gasteiger partial charge on any atom is 0.142 e. The van der Waals surface area contributed by atoms with E-state index < -0.39 is 5.82 Å². The fourth-order valence-corrected chi connectivity index (χ4v) is 1.91. The van der Waals surface area contributed by atoms with Gasteiger partial charge in [-0.25, -0.2) is 9.37 Å². The van der Waals surface area contributed by atoms with Crippen LogP contribution in [-0.4, -0.2) is 11.5 Å². The first-order chi connectivity index (χ1) is 9.60. The van der Waals surface area contributed by atoms with E-state index in [1.165, 1.54) is 18.2 Å². The SMILES string of the molecule is CCNc1ccc(Cl)c(COc2ccc(F)c(Cl)c2)n1. The molecule has 1 N–H and O–H groups in total. The molecule has 2 aromatic rings. The van der Waals surface area contributed by atoms with Crippen LogP contribution in [0.3, 0.4) is 0 Å². The maximum absolute atomic E-state index is 13.0. The third-order valence-corrected chi connectivity index (χ3v) is 3.18. The summed E-state index contributed by atoms with van der Waals surface area (Å²) in [7, 11) is 0. The van der Waals surface area contributed by atoms with Crippen LogP contribution in [-0.2, 0) is 6.61 Å². The zero-order valence-corrected chi connectivity index (χ0v) is 12.3. The van der Waals surface area contributed by atoms with Crippen molar-refractivity contribution in [2.45, 2.75) is 13.5 Å². The summed E-state index contributed by atoms with van der Waals surface area (Å²) in [6.07, 6.45) is 0. The van der Waals surface area contributed by atoms with Crippen LogP contribution in [0.4, 0.5) is 10.2 Å². The van der Waals surface area contributed by atoms with Crippen LogP contribution in [0.1, 0.15) is 12.6 Å². The number of halogens is 3. The van der Waals surface area contributed by atoms with Crippen molar-refractivity contribution in [2.75, 3.05) is 11.9 Å². The van der Waals surface area contributed by atoms with Gasteiger partial charge in [0, 0.05) is 12.6 Å². The Kier molecular flexibility index (Phi) is 5.04. The van der Waals surface area contributed by atoms with Gasteiger partial charge in [-0.05, 0) is 31.2 Å². The zero-order chi connectivity index (χ0) is 14.5. The molecule has 1 heterocycles. The molecule has 0 aliphatic carbocycles. The topological polar surface area (TPSA) is 34.1 Å². The van der Waals surface area contributed by atoms with Gasteiger partial charge in [-0.1, -0.05) is 23.2 Å². The number of hydrogen-bond acceptors (Lipinski definition) is 3. The Morgan fingerprint density at radius 1 is 1.20 bits per heavy atom. The third kappa shape index (κ3) is 3.74. The molecule has 0 aliphatic rings. The monoisotopic (exact) mass is 314 g/mol. The van der Waals surface area contributed by atoms with Gasteiger partial charge < -0.3 is 10.1 Å². The molecule has 0 bridgehead atoms. The van der Waals surface area contributed by atoms with Gasteiger partial charge in [0.15, 0.2) is 0 Å². The van der Waals surface area contributed by atoms with E-state index in [0.29, 0.717) is 16.5 Å². The van der Waals surface area contributed by atoms with Crippen molar-refractivity contribution in [3.05, 3.63) is 51.9 Å². The van der Waals surface area contributed by atoms with Crippen LogP contribution in [0.15, 0.2) is 30.3 Å². The summed E-state index contributed by atoms with van der Waals surface area (Å²) >= 11 is 11.7. The quantitative estimate of drug-likeness (QED) is 0.879. The average molecular weight is 315 g/mol. The molecule has 0 radical (unpaired) electrons. The summed E-state index contributed by atoms with van der Waals surface area (Å²) < 4.78 is 18.6. The summed E-state index contributed by atoms with van der Waals surface area (Å²) in [5, 5.41) is 3.62. The third-order valence-electron chi connectivity index (χ3n) is 2.54. The molecule has 0 amide bonds. The van der Waals surface area contributed by atoms with E-state index in [2.05, 4.69) is 10.3 Å². The first kappa shape index (κ1) is 14.9. The highest BCUT2D eigenvalue weighted by Gasteiger charge is 2.06. The van der Waals surface area contributed by atoms with E-state index in [0.717, 1.165) is 12.4 Å². The first-order valence-electron chi connectivity index (χ1n) is 6.07. The molecule has 0 fully saturated rings. The van der Waals surface area contributed by atoms with Crippen LogP contribution in [0.2, 0.25) is 10.0 Å². The Morgan fingerprint density at radius 2 is 2.00 bits per heavy atom. The van der Waals surface area contributed by atoms with Crippen LogP contribution in [0.25, 0.3) is 0 Å². The smallest absolute Gasteiger partial charge is 0.142 e. The van der Waals surface area contributed by atoms with Gasteiger partial charge in [0.25, 0.3) is 0 Å². The van der Waals surface area contributed by atoms with Gasteiger partial charge in [0.05, 0.1) is 15.7 Å². The normalized spacial score (nSPS) is 10.4. The van der Waals surface area contributed by atoms with E-state index in [4.69, 9.17) is 27.9 Å². The lowest BCUT2D eigenvalue weighted by atomic mass is 10.3. The molecule has 20 heavy (non-hydrogen) atoms. The van der Waals surface area contributed by atoms with Gasteiger partial charge in [-0.15, -0.1) is 0 Å². The molecule has 2 rings (SSSR count). The van der Waals surface area contributed by atoms with E-state index in [1.807, 2.05) is 6.92 Å². The number of benzene rings is 1. The molecule has 0 aliphatic heterocycles. The van der Waals surface area contributed by atoms with Crippen LogP contribution in [0.5, 0.6) is 5.75 Å². The molecular formula is C14H13Cl2FN2O. The van der Waals surface area contributed by atoms with Crippen molar-refractivity contribution in [3.63, 3.8) is 0 Å². The number of aromatic nitrogens is 1. The lowest BCUT2D eigenvalue weighted by Crippen LogP contribution is -2.04. The predicted molar refractivity (Wildman–Crippen MR) is 79.2 cm³/mol. The molecule has 3 nitrogen and oxygen atoms in total. The molecule has 0 unspecified atom stereocenters. The van der Waals surface area contributed by atoms with E-state index in [-0.39, 0.29) is 11.6 Å². The highest BCUT2D eigenvalue weighted by molar-refractivity contribution is 6.31. The fourth-order valence-electron chi connectivity index (χ4n) is 1.58. The fraction of sp³-hybridized carbons (Fsp3) is 0.214. The van der Waals surface area contributed by atoms with Crippen molar-refractivity contribution in [1.29, 1.82) is 0 Å². The summed E-state index contributed by atoms with van der Waals surface area (Å²) in [5.74, 6) is 0.708. The van der Waals surface area contributed by atoms with Gasteiger partial charge in [-0.3, -0.25) is 0 Å². The van der Waals surface area contributed by atoms with Crippen molar-refractivity contribution in [2.24, 2.45) is 0 Å². The average Bonchev–Trinajstić information content (AvgIpc) is 2.43. The molecule has 106 valence electrons. The molecule has 6 heteroatoms. The summed E-state index contributed by atoms with van der Waals surface area (Å²) in [4.78, 5) is 4.34. The minimum absolute atomic E-state index is 0.0166. The summed E-state index contributed by atoms with van der Waals surface area (Å²) in [5.41, 5.74) is 0.602. The number of ether oxygens (including phenoxy) is 1. The van der Waals surface area contributed by atoms with Crippen LogP contribution in [0, 0.1) is 5.82 Å². The number of nitrogens with one attached hydrogen (secondary N) is 1. The number of pyridine rings is 1. The first-order valence-corrected chi connectivity index (χ1v) is 6.83. The van der Waals surface area contributed by atoms with Crippen molar-refractivity contribution < 1.29 is 9.13 Å². The van der Waals surface area contributed by atoms with Gasteiger partial charge in [-0.2, -0.15) is 0 Å². The van der Waals surface area contributed by atoms with E-state index in [1.54, 1.807) is 12.1 Å². The Bertz CT molecular complexity index is 608. The number of rotatable bonds is 5. The zero-order valence-electron chi connectivity index (χ0n) is 10.8. The predicted octanol–water partition coefficient (Wildman–Crippen LogP) is 4.54. The lowest BCUT2D eigenvalue weighted by Gasteiger charge is -2.10. The highest BCUT2D eigenvalue weighted by Crippen LogP contribution is 2.23. The summed E-state index contributed by atoms with van der Waals surface area (Å²) in [6, 6.07) is 7.72. The minimum atomic E-state index is -0.482. The van der Waals surface area contributed by atoms with Crippen LogP contribution >= 0.6 is 23.2 Å². The van der Waals surface area contributed by atoms with Gasteiger partial charge in [0.1, 0.15) is 24.0 Å². The minimum Gasteiger partial charge on any atom is -0.487 e. The van der Waals surface area contributed by atoms with Gasteiger partial charge >= 0.3 is 0 Å². The largest absolute Gasteiger partial charge is 0.487 e. The Balaban J connectivity index is 2.09. The molecule has 1 aromatic heterocycles. The van der Waals surface area contributed by atoms with Crippen molar-refractivity contribution >= 4 is 29.0 Å². The Hall–Kier alpha value is -1.52. The molecular weight excluding hydrogens is 302 g/mol. The number of nitrogens with zero attached hydrogens (tertiary/aromatic N) is 1. The molecule has 0 atom stereocenters. The highest BCUT2D eigenvalue weighted by atomic mass is 35.5. The maximum atomic E-state index is 13.0. The molecule has 0 saturated heterocycles. The number of anilines is 1. The molecule has 0 saturated carbocycles.